The standard InChI is InChI=1S/C50H28N4O2/c55-49-45-39(31-21-9-3-10-22-31)37(29-17-5-1-6-18-29)43-41-42(45)44(48-52-34-26-14-16-28-36(34)54(48)49)38(30-19-7-2-8-20-30)40(32-23-11-4-12-24-32)46(41)50(56)53-35-27-15-13-25-33(35)51-47(43)53/h1-28H. The molecule has 0 saturated heterocycles. The highest BCUT2D eigenvalue weighted by atomic mass is 16.1. The Morgan fingerprint density at radius 1 is 0.304 bits per heavy atom. The van der Waals surface area contributed by atoms with Crippen LogP contribution in [0.1, 0.15) is 0 Å². The second-order valence-electron chi connectivity index (χ2n) is 14.3. The molecule has 0 aliphatic carbocycles. The molecule has 0 amide bonds. The molecule has 260 valence electrons. The molecular formula is C50H28N4O2. The number of nitrogens with zero attached hydrogens (tertiary/aromatic N) is 4. The van der Waals surface area contributed by atoms with Crippen molar-refractivity contribution < 1.29 is 0 Å². The van der Waals surface area contributed by atoms with E-state index in [0.29, 0.717) is 32.8 Å². The summed E-state index contributed by atoms with van der Waals surface area (Å²) < 4.78 is 3.58. The van der Waals surface area contributed by atoms with Gasteiger partial charge in [-0.1, -0.05) is 146 Å². The topological polar surface area (TPSA) is 68.7 Å². The smallest absolute Gasteiger partial charge is 0.265 e. The second kappa shape index (κ2) is 11.4. The van der Waals surface area contributed by atoms with Gasteiger partial charge in [-0.15, -0.1) is 0 Å². The quantitative estimate of drug-likeness (QED) is 0.170. The molecule has 4 aromatic heterocycles. The third-order valence-corrected chi connectivity index (χ3v) is 11.4. The van der Waals surface area contributed by atoms with Crippen molar-refractivity contribution in [1.82, 2.24) is 18.8 Å². The Hall–Kier alpha value is -7.70. The number of pyridine rings is 2. The molecule has 8 aromatic carbocycles. The molecule has 0 fully saturated rings. The minimum atomic E-state index is -0.187. The van der Waals surface area contributed by atoms with Crippen LogP contribution in [0, 0.1) is 0 Å². The second-order valence-corrected chi connectivity index (χ2v) is 14.3. The predicted octanol–water partition coefficient (Wildman–Crippen LogP) is 11.0. The average Bonchev–Trinajstić information content (AvgIpc) is 3.85. The van der Waals surface area contributed by atoms with Gasteiger partial charge in [0.25, 0.3) is 11.1 Å². The van der Waals surface area contributed by atoms with Crippen molar-refractivity contribution in [3.63, 3.8) is 0 Å². The molecule has 4 heterocycles. The van der Waals surface area contributed by atoms with Gasteiger partial charge < -0.3 is 0 Å². The van der Waals surface area contributed by atoms with Gasteiger partial charge in [0.15, 0.2) is 0 Å². The third kappa shape index (κ3) is 3.99. The van der Waals surface area contributed by atoms with Crippen LogP contribution in [-0.2, 0) is 0 Å². The van der Waals surface area contributed by atoms with Crippen molar-refractivity contribution in [1.29, 1.82) is 0 Å². The van der Waals surface area contributed by atoms with E-state index in [1.54, 1.807) is 8.80 Å². The minimum absolute atomic E-state index is 0.187. The maximum absolute atomic E-state index is 15.8. The summed E-state index contributed by atoms with van der Waals surface area (Å²) in [6.07, 6.45) is 0. The predicted molar refractivity (Wildman–Crippen MR) is 228 cm³/mol. The number of hydrogen-bond donors (Lipinski definition) is 0. The first-order valence-corrected chi connectivity index (χ1v) is 18.7. The van der Waals surface area contributed by atoms with E-state index in [1.807, 2.05) is 121 Å². The van der Waals surface area contributed by atoms with Crippen molar-refractivity contribution >= 4 is 65.7 Å². The molecule has 12 rings (SSSR count). The molecule has 12 aromatic rings. The summed E-state index contributed by atoms with van der Waals surface area (Å²) in [7, 11) is 0. The summed E-state index contributed by atoms with van der Waals surface area (Å²) in [6.45, 7) is 0. The SMILES string of the molecule is O=c1c2c(-c3ccccc3)c(-c3ccccc3)c3c4c(c(-c5ccccc5)c(-c5ccccc5)c(c24)c2nc4ccccc4n12)c(=O)n1c2ccccc2nc31. The largest absolute Gasteiger partial charge is 0.268 e. The Kier molecular flexibility index (Phi) is 6.26. The number of rotatable bonds is 4. The van der Waals surface area contributed by atoms with Gasteiger partial charge in [-0.25, -0.2) is 9.97 Å². The zero-order chi connectivity index (χ0) is 37.1. The van der Waals surface area contributed by atoms with Crippen LogP contribution in [-0.4, -0.2) is 18.8 Å². The summed E-state index contributed by atoms with van der Waals surface area (Å²) in [4.78, 5) is 42.1. The minimum Gasteiger partial charge on any atom is -0.268 e. The van der Waals surface area contributed by atoms with Crippen molar-refractivity contribution in [2.24, 2.45) is 0 Å². The highest BCUT2D eigenvalue weighted by Crippen LogP contribution is 2.53. The Labute approximate surface area is 318 Å². The van der Waals surface area contributed by atoms with Gasteiger partial charge >= 0.3 is 0 Å². The molecule has 6 heteroatoms. The van der Waals surface area contributed by atoms with Gasteiger partial charge in [0.2, 0.25) is 0 Å². The zero-order valence-electron chi connectivity index (χ0n) is 29.8. The van der Waals surface area contributed by atoms with Crippen LogP contribution in [0.15, 0.2) is 179 Å². The van der Waals surface area contributed by atoms with Crippen LogP contribution >= 0.6 is 0 Å². The van der Waals surface area contributed by atoms with Crippen LogP contribution in [0.25, 0.3) is 110 Å². The van der Waals surface area contributed by atoms with Crippen molar-refractivity contribution in [2.75, 3.05) is 0 Å². The van der Waals surface area contributed by atoms with Crippen LogP contribution in [0.4, 0.5) is 0 Å². The lowest BCUT2D eigenvalue weighted by Gasteiger charge is -2.25. The average molecular weight is 717 g/mol. The third-order valence-electron chi connectivity index (χ3n) is 11.4. The maximum atomic E-state index is 15.8. The molecule has 0 aliphatic rings. The van der Waals surface area contributed by atoms with Gasteiger partial charge in [-0.05, 0) is 46.5 Å². The van der Waals surface area contributed by atoms with Crippen molar-refractivity contribution in [3.8, 4) is 44.5 Å². The summed E-state index contributed by atoms with van der Waals surface area (Å²) in [6, 6.07) is 56.4. The highest BCUT2D eigenvalue weighted by molar-refractivity contribution is 6.39. The van der Waals surface area contributed by atoms with E-state index < -0.39 is 0 Å². The molecule has 0 saturated carbocycles. The van der Waals surface area contributed by atoms with E-state index in [4.69, 9.17) is 9.97 Å². The number of hydrogen-bond acceptors (Lipinski definition) is 4. The molecule has 0 aliphatic heterocycles. The normalized spacial score (nSPS) is 12.1. The number of benzene rings is 8. The number of fused-ring (bicyclic) bond motifs is 8. The first kappa shape index (κ1) is 30.7. The Morgan fingerprint density at radius 2 is 0.589 bits per heavy atom. The number of imidazole rings is 2. The van der Waals surface area contributed by atoms with Crippen LogP contribution < -0.4 is 11.1 Å². The van der Waals surface area contributed by atoms with Gasteiger partial charge in [0.05, 0.1) is 32.8 Å². The summed E-state index contributed by atoms with van der Waals surface area (Å²) in [5.41, 5.74) is 10.5. The molecule has 0 spiro atoms. The van der Waals surface area contributed by atoms with Gasteiger partial charge in [0.1, 0.15) is 11.3 Å². The van der Waals surface area contributed by atoms with Gasteiger partial charge in [0, 0.05) is 43.8 Å². The van der Waals surface area contributed by atoms with E-state index in [0.717, 1.165) is 77.3 Å². The van der Waals surface area contributed by atoms with Crippen LogP contribution in [0.5, 0.6) is 0 Å². The van der Waals surface area contributed by atoms with E-state index in [1.165, 1.54) is 0 Å². The molecule has 0 atom stereocenters. The van der Waals surface area contributed by atoms with Crippen molar-refractivity contribution in [3.05, 3.63) is 191 Å². The van der Waals surface area contributed by atoms with E-state index in [9.17, 15) is 0 Å². The van der Waals surface area contributed by atoms with Crippen molar-refractivity contribution in [2.45, 2.75) is 0 Å². The Balaban J connectivity index is 1.55. The Morgan fingerprint density at radius 3 is 0.929 bits per heavy atom. The molecule has 56 heavy (non-hydrogen) atoms. The first-order valence-electron chi connectivity index (χ1n) is 18.7. The van der Waals surface area contributed by atoms with E-state index in [2.05, 4.69) is 48.5 Å². The number of para-hydroxylation sites is 4. The Bertz CT molecular complexity index is 3410. The number of aromatic nitrogens is 4. The molecule has 0 N–H and O–H groups in total. The lowest BCUT2D eigenvalue weighted by Crippen LogP contribution is -2.19. The fourth-order valence-corrected chi connectivity index (χ4v) is 9.22. The molecular weight excluding hydrogens is 689 g/mol. The van der Waals surface area contributed by atoms with E-state index >= 15 is 9.59 Å². The maximum Gasteiger partial charge on any atom is 0.265 e. The lowest BCUT2D eigenvalue weighted by molar-refractivity contribution is 1.18. The van der Waals surface area contributed by atoms with Crippen LogP contribution in [0.2, 0.25) is 0 Å². The first-order chi connectivity index (χ1) is 27.7. The highest BCUT2D eigenvalue weighted by Gasteiger charge is 2.33. The fraction of sp³-hybridized carbons (Fsp3) is 0. The van der Waals surface area contributed by atoms with Crippen LogP contribution in [0.3, 0.4) is 0 Å². The molecule has 0 radical (unpaired) electrons. The fourth-order valence-electron chi connectivity index (χ4n) is 9.22. The lowest BCUT2D eigenvalue weighted by atomic mass is 9.79. The molecule has 0 bridgehead atoms. The van der Waals surface area contributed by atoms with E-state index in [-0.39, 0.29) is 11.1 Å². The van der Waals surface area contributed by atoms with Gasteiger partial charge in [-0.3, -0.25) is 18.4 Å². The van der Waals surface area contributed by atoms with Gasteiger partial charge in [-0.2, -0.15) is 0 Å². The zero-order valence-corrected chi connectivity index (χ0v) is 29.8. The monoisotopic (exact) mass is 716 g/mol. The molecule has 6 nitrogen and oxygen atoms in total. The summed E-state index contributed by atoms with van der Waals surface area (Å²) in [5.74, 6) is 0. The summed E-state index contributed by atoms with van der Waals surface area (Å²) >= 11 is 0. The summed E-state index contributed by atoms with van der Waals surface area (Å²) in [5, 5.41) is 4.13. The molecule has 0 unspecified atom stereocenters.